The van der Waals surface area contributed by atoms with Crippen molar-refractivity contribution in [3.8, 4) is 0 Å². The molecule has 0 fully saturated rings. The molecule has 171 valence electrons. The fourth-order valence-corrected chi connectivity index (χ4v) is 7.57. The highest BCUT2D eigenvalue weighted by Crippen LogP contribution is 2.23. The number of rotatable bonds is 9. The van der Waals surface area contributed by atoms with Crippen molar-refractivity contribution in [1.29, 1.82) is 0 Å². The first-order chi connectivity index (χ1) is 15.1. The molecule has 1 radical (unpaired) electrons. The van der Waals surface area contributed by atoms with Crippen LogP contribution < -0.4 is 10.4 Å². The first kappa shape index (κ1) is 26.0. The molecule has 0 saturated carbocycles. The molecule has 0 aliphatic carbocycles. The molecule has 0 spiro atoms. The van der Waals surface area contributed by atoms with Gasteiger partial charge in [-0.05, 0) is 103 Å². The third-order valence-electron chi connectivity index (χ3n) is 6.34. The predicted molar refractivity (Wildman–Crippen MR) is 140 cm³/mol. The zero-order valence-corrected chi connectivity index (χ0v) is 22.3. The number of carbonyl (C=O) groups excluding carboxylic acids is 2. The number of benzene rings is 2. The van der Waals surface area contributed by atoms with Gasteiger partial charge in [0.15, 0.2) is 0 Å². The molecule has 32 heavy (non-hydrogen) atoms. The van der Waals surface area contributed by atoms with E-state index in [-0.39, 0.29) is 0 Å². The van der Waals surface area contributed by atoms with E-state index in [0.29, 0.717) is 11.8 Å². The van der Waals surface area contributed by atoms with Gasteiger partial charge in [-0.2, -0.15) is 0 Å². The van der Waals surface area contributed by atoms with E-state index in [1.807, 2.05) is 6.92 Å². The van der Waals surface area contributed by atoms with Crippen molar-refractivity contribution >= 4 is 31.7 Å². The van der Waals surface area contributed by atoms with Gasteiger partial charge in [0.05, 0.1) is 0 Å². The van der Waals surface area contributed by atoms with Gasteiger partial charge in [-0.25, -0.2) is 0 Å². The number of hydrogen-bond acceptors (Lipinski definition) is 2. The summed E-state index contributed by atoms with van der Waals surface area (Å²) in [4.78, 5) is 24.6. The van der Waals surface area contributed by atoms with Crippen LogP contribution in [-0.4, -0.2) is 21.4 Å². The van der Waals surface area contributed by atoms with E-state index in [1.54, 1.807) is 0 Å². The molecule has 2 rings (SSSR count). The van der Waals surface area contributed by atoms with Gasteiger partial charge in [-0.1, -0.05) is 51.6 Å². The Labute approximate surface area is 196 Å². The van der Waals surface area contributed by atoms with Crippen LogP contribution in [0.2, 0.25) is 0 Å². The summed E-state index contributed by atoms with van der Waals surface area (Å²) in [6, 6.07) is 4.42. The largest absolute Gasteiger partial charge is 0.298 e. The van der Waals surface area contributed by atoms with Gasteiger partial charge in [0.25, 0.3) is 0 Å². The molecule has 0 N–H and O–H groups in total. The van der Waals surface area contributed by atoms with Crippen LogP contribution in [0.1, 0.15) is 88.7 Å². The molecule has 0 bridgehead atoms. The lowest BCUT2D eigenvalue weighted by Crippen LogP contribution is -2.46. The molecule has 2 nitrogen and oxygen atoms in total. The van der Waals surface area contributed by atoms with Crippen molar-refractivity contribution in [3.05, 3.63) is 68.4 Å². The number of aryl methyl sites for hydroxylation is 2. The van der Waals surface area contributed by atoms with Crippen LogP contribution in [0.3, 0.4) is 0 Å². The second-order valence-corrected chi connectivity index (χ2v) is 12.1. The molecule has 0 atom stereocenters. The van der Waals surface area contributed by atoms with E-state index in [9.17, 15) is 9.59 Å². The Balaban J connectivity index is 2.84. The molecule has 0 aromatic heterocycles. The van der Waals surface area contributed by atoms with E-state index >= 15 is 0 Å². The highest BCUT2D eigenvalue weighted by molar-refractivity contribution is 6.90. The monoisotopic (exact) mass is 447 g/mol. The van der Waals surface area contributed by atoms with Crippen LogP contribution in [0, 0.1) is 39.5 Å². The van der Waals surface area contributed by atoms with Crippen molar-refractivity contribution in [3.63, 3.8) is 0 Å². The Morgan fingerprint density at radius 2 is 1.12 bits per heavy atom. The third-order valence-corrected chi connectivity index (χ3v) is 9.00. The predicted octanol–water partition coefficient (Wildman–Crippen LogP) is 5.67. The summed E-state index contributed by atoms with van der Waals surface area (Å²) in [6.45, 7) is 19.3. The van der Waals surface area contributed by atoms with E-state index in [2.05, 4.69) is 79.3 Å². The summed E-state index contributed by atoms with van der Waals surface area (Å²) in [6.07, 6.45) is 6.04. The summed E-state index contributed by atoms with van der Waals surface area (Å²) in [5.41, 5.74) is 11.0. The molecule has 3 heteroatoms. The maximum Gasteiger partial charge on any atom is 0.150 e. The fourth-order valence-electron chi connectivity index (χ4n) is 4.77. The van der Waals surface area contributed by atoms with Gasteiger partial charge in [0.1, 0.15) is 21.4 Å². The number of aldehydes is 2. The van der Waals surface area contributed by atoms with Gasteiger partial charge in [0, 0.05) is 11.1 Å². The molecule has 0 heterocycles. The van der Waals surface area contributed by atoms with Gasteiger partial charge in [-0.15, -0.1) is 0 Å². The number of carbonyl (C=O) groups is 2. The van der Waals surface area contributed by atoms with Crippen molar-refractivity contribution in [2.75, 3.05) is 0 Å². The van der Waals surface area contributed by atoms with E-state index in [4.69, 9.17) is 0 Å². The van der Waals surface area contributed by atoms with Crippen molar-refractivity contribution < 1.29 is 9.59 Å². The molecular formula is C29H39O2Si. The zero-order valence-electron chi connectivity index (χ0n) is 21.3. The minimum atomic E-state index is -1.45. The smallest absolute Gasteiger partial charge is 0.150 e. The quantitative estimate of drug-likeness (QED) is 0.367. The van der Waals surface area contributed by atoms with Crippen molar-refractivity contribution in [1.82, 2.24) is 0 Å². The first-order valence-corrected chi connectivity index (χ1v) is 13.3. The zero-order chi connectivity index (χ0) is 24.2. The molecule has 0 aliphatic heterocycles. The lowest BCUT2D eigenvalue weighted by molar-refractivity contribution is 0.111. The maximum atomic E-state index is 12.3. The minimum Gasteiger partial charge on any atom is -0.298 e. The van der Waals surface area contributed by atoms with E-state index in [1.165, 1.54) is 22.3 Å². The van der Waals surface area contributed by atoms with Crippen LogP contribution in [0.15, 0.2) is 23.9 Å². The van der Waals surface area contributed by atoms with Gasteiger partial charge < -0.3 is 0 Å². The van der Waals surface area contributed by atoms with Gasteiger partial charge >= 0.3 is 0 Å². The fraction of sp³-hybridized carbons (Fsp3) is 0.448. The van der Waals surface area contributed by atoms with Crippen molar-refractivity contribution in [2.45, 2.75) is 75.2 Å². The first-order valence-electron chi connectivity index (χ1n) is 11.7. The Hall–Kier alpha value is -2.26. The number of hydrogen-bond donors (Lipinski definition) is 0. The van der Waals surface area contributed by atoms with Crippen LogP contribution in [0.4, 0.5) is 0 Å². The SMILES string of the molecule is CC=C[Si](c1cc(C)c(CC(C)C)c(C)c1C=O)c1cc(C)c(CC(C)C)c(C)c1C=O. The second-order valence-electron chi connectivity index (χ2n) is 9.86. The standard InChI is InChI=1S/C29H39O2Si/c1-10-11-32(28-14-20(6)24(12-18(2)3)22(8)26(28)16-30)29-15-21(7)25(13-19(4)5)23(9)27(29)17-31/h10-11,14-19H,12-13H2,1-9H3. The summed E-state index contributed by atoms with van der Waals surface area (Å²) in [5.74, 6) is 1.05. The van der Waals surface area contributed by atoms with Crippen LogP contribution in [0.5, 0.6) is 0 Å². The lowest BCUT2D eigenvalue weighted by Gasteiger charge is -2.24. The Morgan fingerprint density at radius 3 is 1.41 bits per heavy atom. The Kier molecular flexibility index (Phi) is 8.97. The highest BCUT2D eigenvalue weighted by atomic mass is 28.3. The summed E-state index contributed by atoms with van der Waals surface area (Å²) in [7, 11) is -1.45. The highest BCUT2D eigenvalue weighted by Gasteiger charge is 2.26. The number of allylic oxidation sites excluding steroid dienone is 1. The third kappa shape index (κ3) is 5.37. The molecule has 0 saturated heterocycles. The van der Waals surface area contributed by atoms with E-state index in [0.717, 1.165) is 58.0 Å². The lowest BCUT2D eigenvalue weighted by atomic mass is 9.91. The topological polar surface area (TPSA) is 34.1 Å². The second kappa shape index (κ2) is 11.0. The van der Waals surface area contributed by atoms with Crippen LogP contribution in [-0.2, 0) is 12.8 Å². The van der Waals surface area contributed by atoms with Crippen LogP contribution in [0.25, 0.3) is 0 Å². The van der Waals surface area contributed by atoms with E-state index < -0.39 is 8.80 Å². The van der Waals surface area contributed by atoms with Crippen molar-refractivity contribution in [2.24, 2.45) is 11.8 Å². The summed E-state index contributed by atoms with van der Waals surface area (Å²) in [5, 5.41) is 2.17. The molecule has 2 aromatic carbocycles. The average molecular weight is 448 g/mol. The normalized spacial score (nSPS) is 11.9. The van der Waals surface area contributed by atoms with Crippen LogP contribution >= 0.6 is 0 Å². The molecular weight excluding hydrogens is 408 g/mol. The molecule has 0 amide bonds. The van der Waals surface area contributed by atoms with Gasteiger partial charge in [0.2, 0.25) is 0 Å². The Morgan fingerprint density at radius 1 is 0.750 bits per heavy atom. The molecule has 0 aliphatic rings. The summed E-state index contributed by atoms with van der Waals surface area (Å²) < 4.78 is 0. The Bertz CT molecular complexity index is 951. The average Bonchev–Trinajstić information content (AvgIpc) is 2.71. The minimum absolute atomic E-state index is 0.526. The summed E-state index contributed by atoms with van der Waals surface area (Å²) >= 11 is 0. The molecule has 2 aromatic rings. The molecule has 0 unspecified atom stereocenters. The van der Waals surface area contributed by atoms with Gasteiger partial charge in [-0.3, -0.25) is 9.59 Å². The maximum absolute atomic E-state index is 12.3.